The number of ether oxygens (including phenoxy) is 1. The number of aryl methyl sites for hydroxylation is 1. The molecule has 0 unspecified atom stereocenters. The van der Waals surface area contributed by atoms with Crippen LogP contribution in [-0.2, 0) is 0 Å². The highest BCUT2D eigenvalue weighted by Crippen LogP contribution is 2.23. The van der Waals surface area contributed by atoms with Gasteiger partial charge in [-0.15, -0.1) is 0 Å². The molecular formula is C21H17N5O2. The second-order valence-corrected chi connectivity index (χ2v) is 6.01. The van der Waals surface area contributed by atoms with Gasteiger partial charge >= 0.3 is 0 Å². The van der Waals surface area contributed by atoms with Gasteiger partial charge in [0.25, 0.3) is 5.91 Å². The first-order valence-corrected chi connectivity index (χ1v) is 8.67. The molecule has 2 aromatic heterocycles. The molecular weight excluding hydrogens is 354 g/mol. The van der Waals surface area contributed by atoms with Gasteiger partial charge in [0.15, 0.2) is 5.82 Å². The first kappa shape index (κ1) is 17.4. The molecule has 0 radical (unpaired) electrons. The third-order valence-electron chi connectivity index (χ3n) is 3.91. The van der Waals surface area contributed by atoms with Crippen LogP contribution in [0.4, 0.5) is 5.69 Å². The zero-order valence-electron chi connectivity index (χ0n) is 15.1. The standard InChI is InChI=1S/C21H17N5O2/c1-15-23-19(26-13-5-12-22-26)14-20(24-15)28-18-10-8-17(9-11-18)25-21(27)16-6-3-2-4-7-16/h2-14H,1H3,(H,25,27). The molecule has 7 heteroatoms. The quantitative estimate of drug-likeness (QED) is 0.573. The van der Waals surface area contributed by atoms with Crippen LogP contribution < -0.4 is 10.1 Å². The molecule has 1 N–H and O–H groups in total. The minimum atomic E-state index is -0.162. The number of carbonyl (C=O) groups is 1. The summed E-state index contributed by atoms with van der Waals surface area (Å²) in [5, 5.41) is 7.02. The van der Waals surface area contributed by atoms with Crippen molar-refractivity contribution in [3.8, 4) is 17.4 Å². The topological polar surface area (TPSA) is 81.9 Å². The summed E-state index contributed by atoms with van der Waals surface area (Å²) in [6, 6.07) is 19.7. The average Bonchev–Trinajstić information content (AvgIpc) is 3.25. The molecule has 4 rings (SSSR count). The van der Waals surface area contributed by atoms with Crippen molar-refractivity contribution >= 4 is 11.6 Å². The molecule has 0 saturated heterocycles. The predicted molar refractivity (Wildman–Crippen MR) is 105 cm³/mol. The number of hydrogen-bond donors (Lipinski definition) is 1. The molecule has 0 aliphatic heterocycles. The number of carbonyl (C=O) groups excluding carboxylic acids is 1. The van der Waals surface area contributed by atoms with Crippen molar-refractivity contribution in [3.63, 3.8) is 0 Å². The highest BCUT2D eigenvalue weighted by Gasteiger charge is 2.08. The van der Waals surface area contributed by atoms with Gasteiger partial charge in [-0.05, 0) is 49.4 Å². The van der Waals surface area contributed by atoms with Crippen molar-refractivity contribution in [1.29, 1.82) is 0 Å². The van der Waals surface area contributed by atoms with E-state index in [4.69, 9.17) is 4.74 Å². The summed E-state index contributed by atoms with van der Waals surface area (Å²) in [4.78, 5) is 20.9. The Hall–Kier alpha value is -4.00. The molecule has 0 saturated carbocycles. The molecule has 0 fully saturated rings. The Morgan fingerprint density at radius 3 is 2.50 bits per heavy atom. The zero-order valence-corrected chi connectivity index (χ0v) is 15.1. The van der Waals surface area contributed by atoms with Crippen LogP contribution in [0.3, 0.4) is 0 Å². The maximum Gasteiger partial charge on any atom is 0.255 e. The lowest BCUT2D eigenvalue weighted by atomic mass is 10.2. The van der Waals surface area contributed by atoms with Crippen molar-refractivity contribution < 1.29 is 9.53 Å². The highest BCUT2D eigenvalue weighted by molar-refractivity contribution is 6.04. The van der Waals surface area contributed by atoms with E-state index in [0.717, 1.165) is 0 Å². The van der Waals surface area contributed by atoms with Crippen LogP contribution in [0.15, 0.2) is 79.1 Å². The number of anilines is 1. The monoisotopic (exact) mass is 371 g/mol. The number of nitrogens with zero attached hydrogens (tertiary/aromatic N) is 4. The fraction of sp³-hybridized carbons (Fsp3) is 0.0476. The first-order valence-electron chi connectivity index (χ1n) is 8.67. The normalized spacial score (nSPS) is 10.5. The van der Waals surface area contributed by atoms with E-state index in [1.54, 1.807) is 66.5 Å². The van der Waals surface area contributed by atoms with Gasteiger partial charge in [-0.1, -0.05) is 18.2 Å². The molecule has 1 amide bonds. The van der Waals surface area contributed by atoms with Gasteiger partial charge in [-0.25, -0.2) is 9.67 Å². The van der Waals surface area contributed by atoms with Crippen LogP contribution in [-0.4, -0.2) is 25.7 Å². The van der Waals surface area contributed by atoms with E-state index in [1.807, 2.05) is 24.3 Å². The lowest BCUT2D eigenvalue weighted by Crippen LogP contribution is -2.11. The van der Waals surface area contributed by atoms with Crippen molar-refractivity contribution in [1.82, 2.24) is 19.7 Å². The third-order valence-corrected chi connectivity index (χ3v) is 3.91. The van der Waals surface area contributed by atoms with Crippen LogP contribution in [0.25, 0.3) is 5.82 Å². The molecule has 28 heavy (non-hydrogen) atoms. The fourth-order valence-electron chi connectivity index (χ4n) is 2.62. The minimum absolute atomic E-state index is 0.162. The van der Waals surface area contributed by atoms with E-state index in [2.05, 4.69) is 20.4 Å². The summed E-state index contributed by atoms with van der Waals surface area (Å²) in [6.07, 6.45) is 3.48. The van der Waals surface area contributed by atoms with Crippen molar-refractivity contribution in [3.05, 3.63) is 90.5 Å². The predicted octanol–water partition coefficient (Wildman–Crippen LogP) is 4.02. The first-order chi connectivity index (χ1) is 13.7. The second-order valence-electron chi connectivity index (χ2n) is 6.01. The molecule has 0 bridgehead atoms. The van der Waals surface area contributed by atoms with E-state index in [9.17, 15) is 4.79 Å². The van der Waals surface area contributed by atoms with Crippen LogP contribution in [0.1, 0.15) is 16.2 Å². The zero-order chi connectivity index (χ0) is 19.3. The van der Waals surface area contributed by atoms with Crippen LogP contribution >= 0.6 is 0 Å². The number of rotatable bonds is 5. The van der Waals surface area contributed by atoms with E-state index >= 15 is 0 Å². The van der Waals surface area contributed by atoms with E-state index in [1.165, 1.54) is 0 Å². The summed E-state index contributed by atoms with van der Waals surface area (Å²) >= 11 is 0. The van der Waals surface area contributed by atoms with Crippen LogP contribution in [0.5, 0.6) is 11.6 Å². The number of aromatic nitrogens is 4. The Balaban J connectivity index is 1.47. The Kier molecular flexibility index (Phi) is 4.79. The Bertz CT molecular complexity index is 1080. The van der Waals surface area contributed by atoms with E-state index in [-0.39, 0.29) is 5.91 Å². The Morgan fingerprint density at radius 2 is 1.79 bits per heavy atom. The van der Waals surface area contributed by atoms with Crippen LogP contribution in [0.2, 0.25) is 0 Å². The molecule has 0 spiro atoms. The largest absolute Gasteiger partial charge is 0.439 e. The van der Waals surface area contributed by atoms with Crippen molar-refractivity contribution in [2.75, 3.05) is 5.32 Å². The van der Waals surface area contributed by atoms with Gasteiger partial charge in [0.05, 0.1) is 0 Å². The van der Waals surface area contributed by atoms with Gasteiger partial charge in [-0.3, -0.25) is 4.79 Å². The van der Waals surface area contributed by atoms with E-state index in [0.29, 0.717) is 34.5 Å². The number of benzene rings is 2. The summed E-state index contributed by atoms with van der Waals surface area (Å²) in [7, 11) is 0. The van der Waals surface area contributed by atoms with Gasteiger partial charge in [0.2, 0.25) is 5.88 Å². The number of amides is 1. The maximum absolute atomic E-state index is 12.2. The SMILES string of the molecule is Cc1nc(Oc2ccc(NC(=O)c3ccccc3)cc2)cc(-n2cccn2)n1. The molecule has 0 atom stereocenters. The lowest BCUT2D eigenvalue weighted by Gasteiger charge is -2.09. The lowest BCUT2D eigenvalue weighted by molar-refractivity contribution is 0.102. The molecule has 0 aliphatic rings. The Morgan fingerprint density at radius 1 is 1.00 bits per heavy atom. The van der Waals surface area contributed by atoms with Gasteiger partial charge in [0.1, 0.15) is 11.6 Å². The summed E-state index contributed by atoms with van der Waals surface area (Å²) < 4.78 is 7.48. The third kappa shape index (κ3) is 4.04. The number of nitrogens with one attached hydrogen (secondary N) is 1. The molecule has 0 aliphatic carbocycles. The Labute approximate surface area is 161 Å². The summed E-state index contributed by atoms with van der Waals surface area (Å²) in [5.41, 5.74) is 1.28. The molecule has 2 aromatic carbocycles. The number of hydrogen-bond acceptors (Lipinski definition) is 5. The molecule has 2 heterocycles. The molecule has 138 valence electrons. The smallest absolute Gasteiger partial charge is 0.255 e. The van der Waals surface area contributed by atoms with Gasteiger partial charge < -0.3 is 10.1 Å². The second kappa shape index (κ2) is 7.71. The summed E-state index contributed by atoms with van der Waals surface area (Å²) in [6.45, 7) is 1.79. The van der Waals surface area contributed by atoms with Gasteiger partial charge in [-0.2, -0.15) is 10.1 Å². The minimum Gasteiger partial charge on any atom is -0.439 e. The summed E-state index contributed by atoms with van der Waals surface area (Å²) in [5.74, 6) is 2.06. The van der Waals surface area contributed by atoms with Crippen LogP contribution in [0, 0.1) is 6.92 Å². The molecule has 4 aromatic rings. The molecule has 7 nitrogen and oxygen atoms in total. The van der Waals surface area contributed by atoms with Gasteiger partial charge in [0, 0.05) is 29.7 Å². The average molecular weight is 371 g/mol. The van der Waals surface area contributed by atoms with Crippen molar-refractivity contribution in [2.45, 2.75) is 6.92 Å². The highest BCUT2D eigenvalue weighted by atomic mass is 16.5. The van der Waals surface area contributed by atoms with Crippen molar-refractivity contribution in [2.24, 2.45) is 0 Å². The van der Waals surface area contributed by atoms with E-state index < -0.39 is 0 Å². The fourth-order valence-corrected chi connectivity index (χ4v) is 2.62. The maximum atomic E-state index is 12.2.